The molecule has 1 aliphatic rings. The number of nitrogens with zero attached hydrogens (tertiary/aromatic N) is 2. The van der Waals surface area contributed by atoms with Gasteiger partial charge in [-0.3, -0.25) is 4.79 Å². The lowest BCUT2D eigenvalue weighted by Crippen LogP contribution is -2.43. The zero-order chi connectivity index (χ0) is 20.6. The highest BCUT2D eigenvalue weighted by molar-refractivity contribution is 6.30. The van der Waals surface area contributed by atoms with Gasteiger partial charge in [0.05, 0.1) is 5.71 Å². The van der Waals surface area contributed by atoms with E-state index in [1.165, 1.54) is 60.7 Å². The van der Waals surface area contributed by atoms with Gasteiger partial charge in [-0.15, -0.1) is 0 Å². The average Bonchev–Trinajstić information content (AvgIpc) is 3.07. The van der Waals surface area contributed by atoms with E-state index >= 15 is 0 Å². The average molecular weight is 413 g/mol. The number of carbonyl (C=O) groups is 1. The molecule has 1 atom stereocenters. The Balaban J connectivity index is 1.78. The highest BCUT2D eigenvalue weighted by atomic mass is 35.5. The fourth-order valence-corrected chi connectivity index (χ4v) is 3.34. The summed E-state index contributed by atoms with van der Waals surface area (Å²) in [4.78, 5) is 13.1. The van der Waals surface area contributed by atoms with Crippen molar-refractivity contribution in [3.8, 4) is 0 Å². The first-order valence-corrected chi connectivity index (χ1v) is 9.16. The zero-order valence-corrected chi connectivity index (χ0v) is 15.8. The van der Waals surface area contributed by atoms with Crippen LogP contribution in [-0.2, 0) is 5.72 Å². The van der Waals surface area contributed by atoms with Crippen LogP contribution in [0.2, 0.25) is 5.02 Å². The van der Waals surface area contributed by atoms with E-state index in [1.54, 1.807) is 12.1 Å². The van der Waals surface area contributed by atoms with Crippen LogP contribution >= 0.6 is 11.6 Å². The lowest BCUT2D eigenvalue weighted by molar-refractivity contribution is -0.0765. The van der Waals surface area contributed by atoms with E-state index < -0.39 is 23.3 Å². The molecule has 0 aliphatic carbocycles. The molecule has 0 spiro atoms. The summed E-state index contributed by atoms with van der Waals surface area (Å²) in [6.45, 7) is 0. The molecule has 0 radical (unpaired) electrons. The van der Waals surface area contributed by atoms with Gasteiger partial charge >= 0.3 is 0 Å². The van der Waals surface area contributed by atoms with Gasteiger partial charge in [-0.25, -0.2) is 8.78 Å². The Hall–Kier alpha value is -3.09. The van der Waals surface area contributed by atoms with Crippen molar-refractivity contribution in [2.24, 2.45) is 5.10 Å². The fourth-order valence-electron chi connectivity index (χ4n) is 3.22. The number of hydrogen-bond donors (Lipinski definition) is 1. The summed E-state index contributed by atoms with van der Waals surface area (Å²) in [6, 6.07) is 17.0. The lowest BCUT2D eigenvalue weighted by atomic mass is 9.94. The van der Waals surface area contributed by atoms with Crippen molar-refractivity contribution in [2.75, 3.05) is 0 Å². The SMILES string of the molecule is O=C(c1ccc(Cl)cc1)N1N=C(c2ccc(F)cc2)CC1(O)c1ccc(F)cc1. The topological polar surface area (TPSA) is 52.9 Å². The molecule has 3 aromatic rings. The van der Waals surface area contributed by atoms with Gasteiger partial charge in [-0.1, -0.05) is 35.9 Å². The summed E-state index contributed by atoms with van der Waals surface area (Å²) in [5.74, 6) is -1.42. The van der Waals surface area contributed by atoms with Crippen molar-refractivity contribution in [1.82, 2.24) is 5.01 Å². The molecule has 4 nitrogen and oxygen atoms in total. The Labute approximate surface area is 170 Å². The summed E-state index contributed by atoms with van der Waals surface area (Å²) in [5, 5.41) is 17.2. The largest absolute Gasteiger partial charge is 0.365 e. The second-order valence-corrected chi connectivity index (χ2v) is 7.11. The Bertz CT molecular complexity index is 1080. The van der Waals surface area contributed by atoms with E-state index in [1.807, 2.05) is 0 Å². The molecule has 7 heteroatoms. The fraction of sp³-hybridized carbons (Fsp3) is 0.0909. The van der Waals surface area contributed by atoms with E-state index in [-0.39, 0.29) is 12.0 Å². The predicted molar refractivity (Wildman–Crippen MR) is 105 cm³/mol. The maximum Gasteiger partial charge on any atom is 0.276 e. The van der Waals surface area contributed by atoms with Crippen LogP contribution in [0.1, 0.15) is 27.9 Å². The van der Waals surface area contributed by atoms with Crippen LogP contribution in [0.25, 0.3) is 0 Å². The second kappa shape index (κ2) is 7.39. The first kappa shape index (κ1) is 19.2. The normalized spacial score (nSPS) is 18.6. The Morgan fingerprint density at radius 3 is 2.07 bits per heavy atom. The minimum atomic E-state index is -1.83. The molecular formula is C22H15ClF2N2O2. The van der Waals surface area contributed by atoms with Crippen molar-refractivity contribution < 1.29 is 18.7 Å². The number of benzene rings is 3. The molecule has 1 amide bonds. The lowest BCUT2D eigenvalue weighted by Gasteiger charge is -2.31. The monoisotopic (exact) mass is 412 g/mol. The number of rotatable bonds is 3. The summed E-state index contributed by atoms with van der Waals surface area (Å²) in [6.07, 6.45) is -0.0381. The van der Waals surface area contributed by atoms with Gasteiger partial charge in [0.2, 0.25) is 0 Å². The molecule has 0 saturated carbocycles. The van der Waals surface area contributed by atoms with Gasteiger partial charge in [0.15, 0.2) is 5.72 Å². The third-order valence-electron chi connectivity index (χ3n) is 4.75. The molecule has 3 aromatic carbocycles. The van der Waals surface area contributed by atoms with Gasteiger partial charge in [0, 0.05) is 22.6 Å². The Morgan fingerprint density at radius 2 is 1.48 bits per heavy atom. The number of carbonyl (C=O) groups excluding carboxylic acids is 1. The summed E-state index contributed by atoms with van der Waals surface area (Å²) >= 11 is 5.89. The number of amides is 1. The third kappa shape index (κ3) is 3.64. The molecule has 0 bridgehead atoms. The van der Waals surface area contributed by atoms with Gasteiger partial charge in [-0.05, 0) is 54.1 Å². The smallest absolute Gasteiger partial charge is 0.276 e. The van der Waals surface area contributed by atoms with Crippen molar-refractivity contribution in [2.45, 2.75) is 12.1 Å². The van der Waals surface area contributed by atoms with Crippen LogP contribution < -0.4 is 0 Å². The molecular weight excluding hydrogens is 398 g/mol. The zero-order valence-electron chi connectivity index (χ0n) is 15.0. The molecule has 0 aromatic heterocycles. The summed E-state index contributed by atoms with van der Waals surface area (Å²) < 4.78 is 26.7. The van der Waals surface area contributed by atoms with Crippen molar-refractivity contribution >= 4 is 23.2 Å². The van der Waals surface area contributed by atoms with Crippen LogP contribution in [0.15, 0.2) is 77.9 Å². The van der Waals surface area contributed by atoms with Crippen molar-refractivity contribution in [3.63, 3.8) is 0 Å². The number of aliphatic hydroxyl groups is 1. The molecule has 1 unspecified atom stereocenters. The Morgan fingerprint density at radius 1 is 0.931 bits per heavy atom. The van der Waals surface area contributed by atoms with Crippen LogP contribution in [0.5, 0.6) is 0 Å². The highest BCUT2D eigenvalue weighted by Crippen LogP contribution is 2.38. The first-order chi connectivity index (χ1) is 13.9. The maximum atomic E-state index is 13.4. The maximum absolute atomic E-state index is 13.4. The quantitative estimate of drug-likeness (QED) is 0.677. The van der Waals surface area contributed by atoms with Crippen LogP contribution in [0, 0.1) is 11.6 Å². The predicted octanol–water partition coefficient (Wildman–Crippen LogP) is 4.71. The van der Waals surface area contributed by atoms with Crippen molar-refractivity contribution in [3.05, 3.63) is 106 Å². The molecule has 1 heterocycles. The third-order valence-corrected chi connectivity index (χ3v) is 5.00. The first-order valence-electron chi connectivity index (χ1n) is 8.79. The molecule has 0 saturated heterocycles. The molecule has 146 valence electrons. The summed E-state index contributed by atoms with van der Waals surface area (Å²) in [5.41, 5.74) is -0.271. The molecule has 29 heavy (non-hydrogen) atoms. The van der Waals surface area contributed by atoms with Crippen LogP contribution in [0.4, 0.5) is 8.78 Å². The van der Waals surface area contributed by atoms with E-state index in [4.69, 9.17) is 11.6 Å². The number of hydrazone groups is 1. The second-order valence-electron chi connectivity index (χ2n) is 6.68. The standard InChI is InChI=1S/C22H15ClF2N2O2/c23-17-7-1-15(2-8-17)21(28)27-22(29,16-5-11-19(25)12-6-16)13-20(26-27)14-3-9-18(24)10-4-14/h1-12,29H,13H2. The van der Waals surface area contributed by atoms with E-state index in [9.17, 15) is 18.7 Å². The van der Waals surface area contributed by atoms with Gasteiger partial charge in [0.1, 0.15) is 11.6 Å². The Kier molecular flexibility index (Phi) is 4.90. The van der Waals surface area contributed by atoms with E-state index in [0.717, 1.165) is 5.01 Å². The number of halogens is 3. The van der Waals surface area contributed by atoms with Gasteiger partial charge in [-0.2, -0.15) is 10.1 Å². The van der Waals surface area contributed by atoms with E-state index in [2.05, 4.69) is 5.10 Å². The van der Waals surface area contributed by atoms with Crippen LogP contribution in [0.3, 0.4) is 0 Å². The minimum absolute atomic E-state index is 0.0381. The molecule has 1 aliphatic heterocycles. The van der Waals surface area contributed by atoms with E-state index in [0.29, 0.717) is 21.9 Å². The minimum Gasteiger partial charge on any atom is -0.365 e. The molecule has 4 rings (SSSR count). The summed E-state index contributed by atoms with van der Waals surface area (Å²) in [7, 11) is 0. The van der Waals surface area contributed by atoms with Gasteiger partial charge < -0.3 is 5.11 Å². The van der Waals surface area contributed by atoms with Gasteiger partial charge in [0.25, 0.3) is 5.91 Å². The molecule has 0 fully saturated rings. The number of hydrogen-bond acceptors (Lipinski definition) is 3. The van der Waals surface area contributed by atoms with Crippen molar-refractivity contribution in [1.29, 1.82) is 0 Å². The molecule has 1 N–H and O–H groups in total. The highest BCUT2D eigenvalue weighted by Gasteiger charge is 2.46. The van der Waals surface area contributed by atoms with Crippen LogP contribution in [-0.4, -0.2) is 21.7 Å².